The molecular weight excluding hydrogens is 440 g/mol. The molecule has 0 aliphatic rings. The summed E-state index contributed by atoms with van der Waals surface area (Å²) in [6, 6.07) is 12.4. The van der Waals surface area contributed by atoms with Gasteiger partial charge in [-0.1, -0.05) is 17.7 Å². The summed E-state index contributed by atoms with van der Waals surface area (Å²) in [5.41, 5.74) is 0.369. The van der Waals surface area contributed by atoms with Crippen molar-refractivity contribution in [2.45, 2.75) is 24.2 Å². The molecule has 0 aliphatic heterocycles. The molecule has 7 nitrogen and oxygen atoms in total. The highest BCUT2D eigenvalue weighted by Crippen LogP contribution is 2.28. The third-order valence-corrected chi connectivity index (χ3v) is 6.44. The largest absolute Gasteiger partial charge is 0.497 e. The van der Waals surface area contributed by atoms with Crippen molar-refractivity contribution < 1.29 is 22.7 Å². The first kappa shape index (κ1) is 24.3. The highest BCUT2D eigenvalue weighted by molar-refractivity contribution is 7.92. The highest BCUT2D eigenvalue weighted by atomic mass is 35.5. The van der Waals surface area contributed by atoms with Crippen molar-refractivity contribution in [2.75, 3.05) is 24.6 Å². The van der Waals surface area contributed by atoms with Crippen LogP contribution in [0.3, 0.4) is 0 Å². The van der Waals surface area contributed by atoms with Gasteiger partial charge in [0.2, 0.25) is 0 Å². The predicted molar refractivity (Wildman–Crippen MR) is 119 cm³/mol. The van der Waals surface area contributed by atoms with E-state index in [1.54, 1.807) is 24.3 Å². The molecule has 9 heteroatoms. The molecule has 0 radical (unpaired) electrons. The van der Waals surface area contributed by atoms with Crippen LogP contribution >= 0.6 is 11.6 Å². The third kappa shape index (κ3) is 6.23. The molecule has 0 aliphatic carbocycles. The van der Waals surface area contributed by atoms with Gasteiger partial charge in [-0.25, -0.2) is 13.2 Å². The van der Waals surface area contributed by atoms with Gasteiger partial charge in [0.25, 0.3) is 10.0 Å². The lowest BCUT2D eigenvalue weighted by Crippen LogP contribution is -2.31. The van der Waals surface area contributed by atoms with Crippen molar-refractivity contribution in [1.29, 1.82) is 5.26 Å². The summed E-state index contributed by atoms with van der Waals surface area (Å²) in [6.07, 6.45) is 2.97. The van der Waals surface area contributed by atoms with Gasteiger partial charge in [-0.05, 0) is 55.3 Å². The molecule has 0 saturated carbocycles. The first-order valence-electron chi connectivity index (χ1n) is 9.46. The van der Waals surface area contributed by atoms with Crippen molar-refractivity contribution in [3.05, 3.63) is 65.7 Å². The zero-order valence-electron chi connectivity index (χ0n) is 17.1. The van der Waals surface area contributed by atoms with Gasteiger partial charge in [-0.2, -0.15) is 5.26 Å². The number of nitriles is 1. The van der Waals surface area contributed by atoms with Crippen LogP contribution in [0.4, 0.5) is 5.69 Å². The van der Waals surface area contributed by atoms with Crippen LogP contribution in [0.5, 0.6) is 5.75 Å². The number of carbonyl (C=O) groups excluding carboxylic acids is 1. The Morgan fingerprint density at radius 1 is 1.23 bits per heavy atom. The fourth-order valence-corrected chi connectivity index (χ4v) is 4.36. The number of ether oxygens (including phenoxy) is 2. The highest BCUT2D eigenvalue weighted by Gasteiger charge is 2.26. The van der Waals surface area contributed by atoms with E-state index >= 15 is 0 Å². The first-order chi connectivity index (χ1) is 14.8. The van der Waals surface area contributed by atoms with E-state index in [-0.39, 0.29) is 28.6 Å². The van der Waals surface area contributed by atoms with Gasteiger partial charge in [0, 0.05) is 6.42 Å². The topological polar surface area (TPSA) is 96.7 Å². The van der Waals surface area contributed by atoms with Crippen LogP contribution in [0.1, 0.15) is 29.6 Å². The molecule has 31 heavy (non-hydrogen) atoms. The summed E-state index contributed by atoms with van der Waals surface area (Å²) >= 11 is 6.11. The van der Waals surface area contributed by atoms with E-state index < -0.39 is 16.0 Å². The molecule has 164 valence electrons. The van der Waals surface area contributed by atoms with Crippen molar-refractivity contribution in [3.63, 3.8) is 0 Å². The molecule has 0 spiro atoms. The molecule has 0 N–H and O–H groups in total. The number of esters is 1. The molecule has 0 amide bonds. The molecule has 0 saturated heterocycles. The van der Waals surface area contributed by atoms with E-state index in [4.69, 9.17) is 26.3 Å². The maximum Gasteiger partial charge on any atom is 0.339 e. The van der Waals surface area contributed by atoms with Crippen molar-refractivity contribution >= 4 is 33.3 Å². The Kier molecular flexibility index (Phi) is 8.91. The molecule has 0 heterocycles. The quantitative estimate of drug-likeness (QED) is 0.275. The lowest BCUT2D eigenvalue weighted by atomic mass is 10.2. The van der Waals surface area contributed by atoms with Gasteiger partial charge >= 0.3 is 5.97 Å². The zero-order chi connectivity index (χ0) is 22.9. The van der Waals surface area contributed by atoms with Crippen LogP contribution < -0.4 is 9.04 Å². The molecular formula is C22H23ClN2O5S. The monoisotopic (exact) mass is 462 g/mol. The standard InChI is InChI=1S/C22H23ClN2O5S/c1-3-14-25(17-7-9-18(29-2)10-8-17)31(27,28)19-11-12-21(23)20(16-19)22(26)30-15-6-4-5-13-24/h3,7-12,16H,1,4-6,14-15H2,2H3. The average Bonchev–Trinajstić information content (AvgIpc) is 2.77. The number of unbranched alkanes of at least 4 members (excludes halogenated alkanes) is 2. The Hall–Kier alpha value is -3.02. The summed E-state index contributed by atoms with van der Waals surface area (Å²) in [5, 5.41) is 8.62. The van der Waals surface area contributed by atoms with E-state index in [0.717, 1.165) is 0 Å². The Labute approximate surface area is 187 Å². The lowest BCUT2D eigenvalue weighted by molar-refractivity contribution is 0.0498. The van der Waals surface area contributed by atoms with E-state index in [2.05, 4.69) is 6.58 Å². The van der Waals surface area contributed by atoms with Crippen LogP contribution in [0.2, 0.25) is 5.02 Å². The maximum atomic E-state index is 13.3. The van der Waals surface area contributed by atoms with Gasteiger partial charge < -0.3 is 9.47 Å². The molecule has 2 aromatic rings. The maximum absolute atomic E-state index is 13.3. The second-order valence-electron chi connectivity index (χ2n) is 6.42. The van der Waals surface area contributed by atoms with Gasteiger partial charge in [0.1, 0.15) is 5.75 Å². The zero-order valence-corrected chi connectivity index (χ0v) is 18.7. The molecule has 0 fully saturated rings. The fourth-order valence-electron chi connectivity index (χ4n) is 2.71. The first-order valence-corrected chi connectivity index (χ1v) is 11.3. The van der Waals surface area contributed by atoms with Gasteiger partial charge in [-0.15, -0.1) is 6.58 Å². The Morgan fingerprint density at radius 2 is 1.94 bits per heavy atom. The number of benzene rings is 2. The van der Waals surface area contributed by atoms with Crippen molar-refractivity contribution in [1.82, 2.24) is 0 Å². The normalized spacial score (nSPS) is 10.7. The Bertz CT molecular complexity index is 1060. The summed E-state index contributed by atoms with van der Waals surface area (Å²) in [7, 11) is -2.50. The predicted octanol–water partition coefficient (Wildman–Crippen LogP) is 4.58. The van der Waals surface area contributed by atoms with Crippen LogP contribution in [-0.4, -0.2) is 34.6 Å². The van der Waals surface area contributed by atoms with E-state index in [1.807, 2.05) is 6.07 Å². The van der Waals surface area contributed by atoms with Crippen LogP contribution in [0.15, 0.2) is 60.0 Å². The molecule has 2 rings (SSSR count). The number of rotatable bonds is 11. The van der Waals surface area contributed by atoms with Crippen LogP contribution in [-0.2, 0) is 14.8 Å². The Morgan fingerprint density at radius 3 is 2.55 bits per heavy atom. The molecule has 0 aromatic heterocycles. The van der Waals surface area contributed by atoms with E-state index in [0.29, 0.717) is 30.7 Å². The molecule has 0 atom stereocenters. The van der Waals surface area contributed by atoms with Crippen LogP contribution in [0, 0.1) is 11.3 Å². The number of halogens is 1. The van der Waals surface area contributed by atoms with E-state index in [9.17, 15) is 13.2 Å². The second-order valence-corrected chi connectivity index (χ2v) is 8.69. The molecule has 2 aromatic carbocycles. The molecule has 0 unspecified atom stereocenters. The number of hydrogen-bond acceptors (Lipinski definition) is 6. The summed E-state index contributed by atoms with van der Waals surface area (Å²) < 4.78 is 38.1. The minimum absolute atomic E-state index is 0.0238. The summed E-state index contributed by atoms with van der Waals surface area (Å²) in [4.78, 5) is 12.3. The smallest absolute Gasteiger partial charge is 0.339 e. The average molecular weight is 463 g/mol. The second kappa shape index (κ2) is 11.4. The number of nitrogens with zero attached hydrogens (tertiary/aromatic N) is 2. The van der Waals surface area contributed by atoms with Crippen LogP contribution in [0.25, 0.3) is 0 Å². The summed E-state index contributed by atoms with van der Waals surface area (Å²) in [5.74, 6) is -0.135. The van der Waals surface area contributed by atoms with Gasteiger partial charge in [0.05, 0.1) is 47.5 Å². The lowest BCUT2D eigenvalue weighted by Gasteiger charge is -2.23. The molecule has 0 bridgehead atoms. The number of methoxy groups -OCH3 is 1. The SMILES string of the molecule is C=CCN(c1ccc(OC)cc1)S(=O)(=O)c1ccc(Cl)c(C(=O)OCCCCC#N)c1. The van der Waals surface area contributed by atoms with Gasteiger partial charge in [0.15, 0.2) is 0 Å². The van der Waals surface area contributed by atoms with Crippen molar-refractivity contribution in [2.24, 2.45) is 0 Å². The minimum Gasteiger partial charge on any atom is -0.497 e. The number of sulfonamides is 1. The summed E-state index contributed by atoms with van der Waals surface area (Å²) in [6.45, 7) is 3.77. The number of hydrogen-bond donors (Lipinski definition) is 0. The van der Waals surface area contributed by atoms with E-state index in [1.165, 1.54) is 35.7 Å². The van der Waals surface area contributed by atoms with Gasteiger partial charge in [-0.3, -0.25) is 4.31 Å². The fraction of sp³-hybridized carbons (Fsp3) is 0.273. The number of anilines is 1. The minimum atomic E-state index is -4.02. The van der Waals surface area contributed by atoms with Crippen molar-refractivity contribution in [3.8, 4) is 11.8 Å². The number of carbonyl (C=O) groups is 1. The Balaban J connectivity index is 2.31. The third-order valence-electron chi connectivity index (χ3n) is 4.32.